The van der Waals surface area contributed by atoms with Crippen molar-refractivity contribution in [3.63, 3.8) is 0 Å². The molecule has 0 aliphatic carbocycles. The third kappa shape index (κ3) is 2.27. The fourth-order valence-electron chi connectivity index (χ4n) is 1.52. The first-order chi connectivity index (χ1) is 7.56. The summed E-state index contributed by atoms with van der Waals surface area (Å²) < 4.78 is 0.963. The molecule has 1 heterocycles. The van der Waals surface area contributed by atoms with Crippen LogP contribution < -0.4 is 5.73 Å². The van der Waals surface area contributed by atoms with Crippen LogP contribution in [0.2, 0.25) is 0 Å². The van der Waals surface area contributed by atoms with Gasteiger partial charge in [-0.1, -0.05) is 29.8 Å². The number of aromatic nitrogens is 2. The average molecular weight is 280 g/mol. The van der Waals surface area contributed by atoms with Gasteiger partial charge in [-0.05, 0) is 24.1 Å². The Bertz CT molecular complexity index is 482. The van der Waals surface area contributed by atoms with Gasteiger partial charge < -0.3 is 10.7 Å². The van der Waals surface area contributed by atoms with Crippen molar-refractivity contribution in [2.75, 3.05) is 5.73 Å². The summed E-state index contributed by atoms with van der Waals surface area (Å²) in [6.07, 6.45) is 1.87. The van der Waals surface area contributed by atoms with E-state index in [1.54, 1.807) is 0 Å². The highest BCUT2D eigenvalue weighted by atomic mass is 79.9. The number of nitrogens with two attached hydrogens (primary N) is 1. The Hall–Kier alpha value is -1.29. The van der Waals surface area contributed by atoms with Crippen LogP contribution in [-0.2, 0) is 0 Å². The fraction of sp³-hybridized carbons (Fsp3) is 0.250. The second kappa shape index (κ2) is 4.29. The van der Waals surface area contributed by atoms with E-state index in [1.807, 2.05) is 24.4 Å². The minimum absolute atomic E-state index is 0.450. The monoisotopic (exact) mass is 279 g/mol. The average Bonchev–Trinajstić information content (AvgIpc) is 2.64. The van der Waals surface area contributed by atoms with Gasteiger partial charge in [0, 0.05) is 27.6 Å². The van der Waals surface area contributed by atoms with Crippen molar-refractivity contribution in [1.82, 2.24) is 9.97 Å². The molecule has 1 aromatic heterocycles. The lowest BCUT2D eigenvalue weighted by Crippen LogP contribution is -1.89. The first kappa shape index (κ1) is 11.2. The van der Waals surface area contributed by atoms with Crippen LogP contribution in [0.15, 0.2) is 28.9 Å². The number of nitrogens with zero attached hydrogens (tertiary/aromatic N) is 1. The summed E-state index contributed by atoms with van der Waals surface area (Å²) in [6, 6.07) is 5.78. The maximum absolute atomic E-state index is 5.79. The molecule has 4 heteroatoms. The number of aromatic amines is 1. The number of anilines is 1. The molecule has 0 fully saturated rings. The van der Waals surface area contributed by atoms with Gasteiger partial charge in [0.15, 0.2) is 0 Å². The molecule has 2 rings (SSSR count). The zero-order valence-corrected chi connectivity index (χ0v) is 10.9. The summed E-state index contributed by atoms with van der Waals surface area (Å²) in [6.45, 7) is 4.26. The quantitative estimate of drug-likeness (QED) is 0.826. The van der Waals surface area contributed by atoms with Crippen LogP contribution in [0.1, 0.15) is 25.5 Å². The highest BCUT2D eigenvalue weighted by molar-refractivity contribution is 9.10. The van der Waals surface area contributed by atoms with Crippen molar-refractivity contribution in [3.05, 3.63) is 34.6 Å². The third-order valence-corrected chi connectivity index (χ3v) is 2.87. The van der Waals surface area contributed by atoms with Crippen molar-refractivity contribution in [2.24, 2.45) is 0 Å². The number of nitrogen functional groups attached to an aromatic ring is 1. The van der Waals surface area contributed by atoms with Crippen LogP contribution in [0, 0.1) is 0 Å². The molecule has 1 aromatic carbocycles. The van der Waals surface area contributed by atoms with E-state index in [0.717, 1.165) is 27.2 Å². The molecule has 0 aliphatic rings. The van der Waals surface area contributed by atoms with Gasteiger partial charge in [-0.15, -0.1) is 0 Å². The second-order valence-electron chi connectivity index (χ2n) is 4.12. The van der Waals surface area contributed by atoms with E-state index < -0.39 is 0 Å². The smallest absolute Gasteiger partial charge is 0.137 e. The van der Waals surface area contributed by atoms with Gasteiger partial charge in [0.1, 0.15) is 5.82 Å². The first-order valence-corrected chi connectivity index (χ1v) is 5.97. The van der Waals surface area contributed by atoms with Crippen molar-refractivity contribution >= 4 is 21.6 Å². The lowest BCUT2D eigenvalue weighted by atomic mass is 10.1. The second-order valence-corrected chi connectivity index (χ2v) is 5.03. The minimum Gasteiger partial charge on any atom is -0.399 e. The van der Waals surface area contributed by atoms with Crippen LogP contribution >= 0.6 is 15.9 Å². The molecule has 0 amide bonds. The lowest BCUT2D eigenvalue weighted by Gasteiger charge is -2.02. The number of hydrogen-bond acceptors (Lipinski definition) is 2. The highest BCUT2D eigenvalue weighted by Crippen LogP contribution is 2.25. The molecule has 3 nitrogen and oxygen atoms in total. The Labute approximate surface area is 103 Å². The zero-order valence-electron chi connectivity index (χ0n) is 9.29. The zero-order chi connectivity index (χ0) is 11.7. The Morgan fingerprint density at radius 2 is 2.06 bits per heavy atom. The lowest BCUT2D eigenvalue weighted by molar-refractivity contribution is 0.833. The van der Waals surface area contributed by atoms with Crippen molar-refractivity contribution in [2.45, 2.75) is 19.8 Å². The molecule has 0 spiro atoms. The summed E-state index contributed by atoms with van der Waals surface area (Å²) in [5.41, 5.74) is 8.65. The van der Waals surface area contributed by atoms with Gasteiger partial charge in [0.25, 0.3) is 0 Å². The predicted molar refractivity (Wildman–Crippen MR) is 70.2 cm³/mol. The van der Waals surface area contributed by atoms with Gasteiger partial charge in [0.2, 0.25) is 0 Å². The van der Waals surface area contributed by atoms with Gasteiger partial charge in [-0.25, -0.2) is 4.98 Å². The van der Waals surface area contributed by atoms with E-state index in [2.05, 4.69) is 39.7 Å². The summed E-state index contributed by atoms with van der Waals surface area (Å²) in [5.74, 6) is 1.31. The topological polar surface area (TPSA) is 54.7 Å². The molecule has 0 aliphatic heterocycles. The maximum atomic E-state index is 5.79. The Balaban J connectivity index is 2.42. The molecule has 2 aromatic rings. The molecule has 0 bridgehead atoms. The van der Waals surface area contributed by atoms with Gasteiger partial charge in [-0.2, -0.15) is 0 Å². The van der Waals surface area contributed by atoms with Crippen LogP contribution in [0.3, 0.4) is 0 Å². The van der Waals surface area contributed by atoms with E-state index in [0.29, 0.717) is 5.92 Å². The molecule has 0 unspecified atom stereocenters. The van der Waals surface area contributed by atoms with E-state index in [4.69, 9.17) is 5.73 Å². The molecular formula is C12H14BrN3. The Kier molecular flexibility index (Phi) is 3.01. The Morgan fingerprint density at radius 3 is 2.62 bits per heavy atom. The molecule has 0 saturated carbocycles. The van der Waals surface area contributed by atoms with Crippen LogP contribution in [0.4, 0.5) is 5.69 Å². The van der Waals surface area contributed by atoms with Crippen LogP contribution in [0.5, 0.6) is 0 Å². The largest absolute Gasteiger partial charge is 0.399 e. The van der Waals surface area contributed by atoms with E-state index in [9.17, 15) is 0 Å². The van der Waals surface area contributed by atoms with Gasteiger partial charge in [-0.3, -0.25) is 0 Å². The standard InChI is InChI=1S/C12H14BrN3/c1-7(2)11-6-15-12(16-11)8-3-9(13)5-10(14)4-8/h3-7H,14H2,1-2H3,(H,15,16). The number of benzene rings is 1. The number of imidazole rings is 1. The Morgan fingerprint density at radius 1 is 1.31 bits per heavy atom. The summed E-state index contributed by atoms with van der Waals surface area (Å²) in [4.78, 5) is 7.65. The van der Waals surface area contributed by atoms with Gasteiger partial charge >= 0.3 is 0 Å². The summed E-state index contributed by atoms with van der Waals surface area (Å²) in [7, 11) is 0. The maximum Gasteiger partial charge on any atom is 0.137 e. The SMILES string of the molecule is CC(C)c1cnc(-c2cc(N)cc(Br)c2)[nH]1. The normalized spacial score (nSPS) is 11.0. The van der Waals surface area contributed by atoms with Crippen molar-refractivity contribution < 1.29 is 0 Å². The number of hydrogen-bond donors (Lipinski definition) is 2. The fourth-order valence-corrected chi connectivity index (χ4v) is 2.04. The first-order valence-electron chi connectivity index (χ1n) is 5.17. The molecule has 84 valence electrons. The molecule has 16 heavy (non-hydrogen) atoms. The summed E-state index contributed by atoms with van der Waals surface area (Å²) >= 11 is 3.42. The number of halogens is 1. The summed E-state index contributed by atoms with van der Waals surface area (Å²) in [5, 5.41) is 0. The predicted octanol–water partition coefficient (Wildman–Crippen LogP) is 3.54. The van der Waals surface area contributed by atoms with E-state index >= 15 is 0 Å². The molecular weight excluding hydrogens is 266 g/mol. The van der Waals surface area contributed by atoms with Crippen LogP contribution in [0.25, 0.3) is 11.4 Å². The molecule has 0 atom stereocenters. The number of H-pyrrole nitrogens is 1. The van der Waals surface area contributed by atoms with Crippen LogP contribution in [-0.4, -0.2) is 9.97 Å². The van der Waals surface area contributed by atoms with Gasteiger partial charge in [0.05, 0.1) is 0 Å². The highest BCUT2D eigenvalue weighted by Gasteiger charge is 2.07. The van der Waals surface area contributed by atoms with E-state index in [1.165, 1.54) is 0 Å². The van der Waals surface area contributed by atoms with E-state index in [-0.39, 0.29) is 0 Å². The molecule has 0 radical (unpaired) electrons. The molecule has 0 saturated heterocycles. The minimum atomic E-state index is 0.450. The third-order valence-electron chi connectivity index (χ3n) is 2.41. The number of rotatable bonds is 2. The van der Waals surface area contributed by atoms with Crippen molar-refractivity contribution in [1.29, 1.82) is 0 Å². The molecule has 3 N–H and O–H groups in total. The van der Waals surface area contributed by atoms with Crippen molar-refractivity contribution in [3.8, 4) is 11.4 Å². The number of nitrogens with one attached hydrogen (secondary N) is 1.